The number of thiophene rings is 1. The zero-order valence-electron chi connectivity index (χ0n) is 8.46. The molecule has 0 aliphatic heterocycles. The Morgan fingerprint density at radius 1 is 1.64 bits per heavy atom. The number of rotatable bonds is 4. The molecule has 0 fully saturated rings. The van der Waals surface area contributed by atoms with Gasteiger partial charge in [0.15, 0.2) is 0 Å². The second kappa shape index (κ2) is 5.53. The van der Waals surface area contributed by atoms with Crippen LogP contribution in [0.3, 0.4) is 0 Å². The Balaban J connectivity index is 2.83. The molecule has 0 saturated heterocycles. The summed E-state index contributed by atoms with van der Waals surface area (Å²) < 4.78 is 1.13. The molecule has 76 valence electrons. The Labute approximate surface area is 97.9 Å². The van der Waals surface area contributed by atoms with Crippen LogP contribution < -0.4 is 0 Å². The molecule has 1 nitrogen and oxygen atoms in total. The molecular formula is C11H14BrNS. The van der Waals surface area contributed by atoms with Gasteiger partial charge in [0.1, 0.15) is 0 Å². The molecule has 0 amide bonds. The first-order valence-electron chi connectivity index (χ1n) is 4.79. The number of hydrogen-bond acceptors (Lipinski definition) is 2. The molecular weight excluding hydrogens is 258 g/mol. The van der Waals surface area contributed by atoms with Gasteiger partial charge < -0.3 is 0 Å². The third kappa shape index (κ3) is 2.83. The normalized spacial score (nSPS) is 14.7. The molecule has 0 spiro atoms. The highest BCUT2D eigenvalue weighted by Gasteiger charge is 2.19. The van der Waals surface area contributed by atoms with E-state index in [0.29, 0.717) is 18.3 Å². The van der Waals surface area contributed by atoms with Crippen molar-refractivity contribution in [2.75, 3.05) is 0 Å². The van der Waals surface area contributed by atoms with Crippen molar-refractivity contribution in [2.24, 2.45) is 5.92 Å². The predicted molar refractivity (Wildman–Crippen MR) is 64.4 cm³/mol. The average Bonchev–Trinajstić information content (AvgIpc) is 2.60. The van der Waals surface area contributed by atoms with Crippen LogP contribution in [0.4, 0.5) is 0 Å². The summed E-state index contributed by atoms with van der Waals surface area (Å²) in [5.41, 5.74) is 0. The van der Waals surface area contributed by atoms with Crippen LogP contribution in [0.5, 0.6) is 0 Å². The summed E-state index contributed by atoms with van der Waals surface area (Å²) in [6.45, 7) is 4.40. The van der Waals surface area contributed by atoms with Gasteiger partial charge >= 0.3 is 0 Å². The zero-order chi connectivity index (χ0) is 10.6. The van der Waals surface area contributed by atoms with E-state index in [-0.39, 0.29) is 0 Å². The summed E-state index contributed by atoms with van der Waals surface area (Å²) in [4.78, 5) is 1.33. The highest BCUT2D eigenvalue weighted by molar-refractivity contribution is 9.10. The van der Waals surface area contributed by atoms with Crippen LogP contribution in [0.15, 0.2) is 15.9 Å². The van der Waals surface area contributed by atoms with Crippen molar-refractivity contribution in [3.05, 3.63) is 20.8 Å². The van der Waals surface area contributed by atoms with Gasteiger partial charge in [-0.25, -0.2) is 0 Å². The van der Waals surface area contributed by atoms with E-state index < -0.39 is 0 Å². The molecule has 0 bridgehead atoms. The Bertz CT molecular complexity index is 326. The monoisotopic (exact) mass is 271 g/mol. The van der Waals surface area contributed by atoms with Crippen LogP contribution in [-0.4, -0.2) is 0 Å². The molecule has 0 N–H and O–H groups in total. The summed E-state index contributed by atoms with van der Waals surface area (Å²) in [5.74, 6) is 0.987. The Hall–Kier alpha value is -0.330. The number of halogens is 1. The zero-order valence-corrected chi connectivity index (χ0v) is 10.9. The van der Waals surface area contributed by atoms with E-state index in [1.54, 1.807) is 11.3 Å². The van der Waals surface area contributed by atoms with Crippen LogP contribution in [0, 0.1) is 17.2 Å². The fourth-order valence-corrected chi connectivity index (χ4v) is 3.17. The number of hydrogen-bond donors (Lipinski definition) is 0. The lowest BCUT2D eigenvalue weighted by Gasteiger charge is -2.18. The molecule has 0 aliphatic rings. The van der Waals surface area contributed by atoms with Gasteiger partial charge in [-0.15, -0.1) is 11.3 Å². The minimum atomic E-state index is 0.404. The predicted octanol–water partition coefficient (Wildman–Crippen LogP) is 4.55. The Kier molecular flexibility index (Phi) is 4.64. The van der Waals surface area contributed by atoms with E-state index >= 15 is 0 Å². The number of nitrogens with zero attached hydrogens (tertiary/aromatic N) is 1. The van der Waals surface area contributed by atoms with E-state index in [2.05, 4.69) is 47.3 Å². The Morgan fingerprint density at radius 2 is 2.36 bits per heavy atom. The van der Waals surface area contributed by atoms with E-state index in [4.69, 9.17) is 5.26 Å². The maximum absolute atomic E-state index is 8.79. The molecule has 0 radical (unpaired) electrons. The first kappa shape index (κ1) is 11.7. The van der Waals surface area contributed by atoms with Gasteiger partial charge in [-0.3, -0.25) is 0 Å². The van der Waals surface area contributed by atoms with Gasteiger partial charge in [0.25, 0.3) is 0 Å². The van der Waals surface area contributed by atoms with E-state index in [1.807, 2.05) is 0 Å². The van der Waals surface area contributed by atoms with Crippen molar-refractivity contribution < 1.29 is 0 Å². The molecule has 1 aromatic rings. The van der Waals surface area contributed by atoms with Crippen molar-refractivity contribution in [3.8, 4) is 6.07 Å². The van der Waals surface area contributed by atoms with Gasteiger partial charge in [-0.2, -0.15) is 5.26 Å². The van der Waals surface area contributed by atoms with Crippen LogP contribution >= 0.6 is 27.3 Å². The van der Waals surface area contributed by atoms with Gasteiger partial charge in [0, 0.05) is 27.1 Å². The van der Waals surface area contributed by atoms with Gasteiger partial charge in [0.2, 0.25) is 0 Å². The van der Waals surface area contributed by atoms with Crippen molar-refractivity contribution in [2.45, 2.75) is 32.6 Å². The maximum atomic E-state index is 8.79. The minimum Gasteiger partial charge on any atom is -0.198 e. The fraction of sp³-hybridized carbons (Fsp3) is 0.545. The van der Waals surface area contributed by atoms with Crippen molar-refractivity contribution >= 4 is 27.3 Å². The molecule has 0 saturated carbocycles. The highest BCUT2D eigenvalue weighted by Crippen LogP contribution is 2.35. The minimum absolute atomic E-state index is 0.404. The fourth-order valence-electron chi connectivity index (χ4n) is 1.49. The molecule has 2 atom stereocenters. The molecule has 1 heterocycles. The SMILES string of the molecule is CCC(C)C(CC#N)c1cc(Br)cs1. The molecule has 0 aliphatic carbocycles. The van der Waals surface area contributed by atoms with Crippen LogP contribution in [0.2, 0.25) is 0 Å². The summed E-state index contributed by atoms with van der Waals surface area (Å²) >= 11 is 5.19. The molecule has 1 rings (SSSR count). The second-order valence-electron chi connectivity index (χ2n) is 3.52. The first-order valence-corrected chi connectivity index (χ1v) is 6.47. The van der Waals surface area contributed by atoms with Crippen molar-refractivity contribution in [3.63, 3.8) is 0 Å². The van der Waals surface area contributed by atoms with Crippen LogP contribution in [-0.2, 0) is 0 Å². The summed E-state index contributed by atoms with van der Waals surface area (Å²) in [5, 5.41) is 10.9. The summed E-state index contributed by atoms with van der Waals surface area (Å²) in [6.07, 6.45) is 1.75. The number of nitriles is 1. The first-order chi connectivity index (χ1) is 6.69. The quantitative estimate of drug-likeness (QED) is 0.788. The van der Waals surface area contributed by atoms with Gasteiger partial charge in [-0.05, 0) is 27.9 Å². The third-order valence-electron chi connectivity index (χ3n) is 2.60. The van der Waals surface area contributed by atoms with E-state index in [9.17, 15) is 0 Å². The van der Waals surface area contributed by atoms with E-state index in [1.165, 1.54) is 4.88 Å². The molecule has 3 heteroatoms. The Morgan fingerprint density at radius 3 is 2.79 bits per heavy atom. The summed E-state index contributed by atoms with van der Waals surface area (Å²) in [6, 6.07) is 4.42. The maximum Gasteiger partial charge on any atom is 0.0628 e. The van der Waals surface area contributed by atoms with E-state index in [0.717, 1.165) is 10.9 Å². The molecule has 2 unspecified atom stereocenters. The highest BCUT2D eigenvalue weighted by atomic mass is 79.9. The lowest BCUT2D eigenvalue weighted by molar-refractivity contribution is 0.456. The topological polar surface area (TPSA) is 23.8 Å². The van der Waals surface area contributed by atoms with Crippen LogP contribution in [0.25, 0.3) is 0 Å². The summed E-state index contributed by atoms with van der Waals surface area (Å²) in [7, 11) is 0. The van der Waals surface area contributed by atoms with Crippen molar-refractivity contribution in [1.82, 2.24) is 0 Å². The lowest BCUT2D eigenvalue weighted by atomic mass is 9.88. The van der Waals surface area contributed by atoms with Crippen LogP contribution in [0.1, 0.15) is 37.5 Å². The molecule has 0 aromatic carbocycles. The standard InChI is InChI=1S/C11H14BrNS/c1-3-8(2)10(4-5-13)11-6-9(12)7-14-11/h6-8,10H,3-4H2,1-2H3. The molecule has 14 heavy (non-hydrogen) atoms. The lowest BCUT2D eigenvalue weighted by Crippen LogP contribution is -2.06. The smallest absolute Gasteiger partial charge is 0.0628 e. The third-order valence-corrected chi connectivity index (χ3v) is 4.42. The van der Waals surface area contributed by atoms with Gasteiger partial charge in [-0.1, -0.05) is 20.3 Å². The van der Waals surface area contributed by atoms with Gasteiger partial charge in [0.05, 0.1) is 6.07 Å². The van der Waals surface area contributed by atoms with Crippen molar-refractivity contribution in [1.29, 1.82) is 5.26 Å². The average molecular weight is 272 g/mol. The second-order valence-corrected chi connectivity index (χ2v) is 5.38. The largest absolute Gasteiger partial charge is 0.198 e. The molecule has 1 aromatic heterocycles.